The summed E-state index contributed by atoms with van der Waals surface area (Å²) >= 11 is 11.8. The minimum atomic E-state index is -3.92. The first-order chi connectivity index (χ1) is 8.81. The zero-order valence-corrected chi connectivity index (χ0v) is 12.1. The molecule has 4 N–H and O–H groups in total. The number of aromatic nitrogens is 2. The number of nitrogen functional groups attached to an aromatic ring is 1. The second kappa shape index (κ2) is 4.92. The number of benzene rings is 1. The molecule has 0 saturated heterocycles. The highest BCUT2D eigenvalue weighted by Crippen LogP contribution is 2.33. The van der Waals surface area contributed by atoms with E-state index in [4.69, 9.17) is 28.9 Å². The van der Waals surface area contributed by atoms with Crippen molar-refractivity contribution in [2.45, 2.75) is 11.8 Å². The van der Waals surface area contributed by atoms with Crippen molar-refractivity contribution in [2.75, 3.05) is 10.5 Å². The molecular formula is C10H10Cl2N4O2S. The lowest BCUT2D eigenvalue weighted by Gasteiger charge is -2.11. The highest BCUT2D eigenvalue weighted by molar-refractivity contribution is 7.93. The van der Waals surface area contributed by atoms with Gasteiger partial charge in [0.25, 0.3) is 10.0 Å². The van der Waals surface area contributed by atoms with Crippen molar-refractivity contribution in [3.63, 3.8) is 0 Å². The van der Waals surface area contributed by atoms with Crippen LogP contribution in [0.5, 0.6) is 0 Å². The molecule has 0 unspecified atom stereocenters. The van der Waals surface area contributed by atoms with Crippen molar-refractivity contribution in [1.29, 1.82) is 0 Å². The Morgan fingerprint density at radius 2 is 1.89 bits per heavy atom. The van der Waals surface area contributed by atoms with Gasteiger partial charge in [-0.1, -0.05) is 23.2 Å². The highest BCUT2D eigenvalue weighted by atomic mass is 35.5. The smallest absolute Gasteiger partial charge is 0.266 e. The Labute approximate surface area is 120 Å². The van der Waals surface area contributed by atoms with E-state index in [0.717, 1.165) is 0 Å². The number of H-pyrrole nitrogens is 1. The number of aromatic amines is 1. The quantitative estimate of drug-likeness (QED) is 0.756. The Hall–Kier alpha value is -1.44. The lowest BCUT2D eigenvalue weighted by Crippen LogP contribution is -2.15. The van der Waals surface area contributed by atoms with Crippen LogP contribution in [0, 0.1) is 6.92 Å². The van der Waals surface area contributed by atoms with Crippen LogP contribution >= 0.6 is 23.2 Å². The summed E-state index contributed by atoms with van der Waals surface area (Å²) in [5.74, 6) is 0.254. The molecular weight excluding hydrogens is 311 g/mol. The standard InChI is InChI=1S/C10H10Cl2N4O2S/c1-5-4-14-15-10(5)16-19(17,18)9-7(11)2-6(13)3-8(9)12/h2-4H,13H2,1H3,(H2,14,15,16). The third kappa shape index (κ3) is 2.78. The molecule has 19 heavy (non-hydrogen) atoms. The van der Waals surface area contributed by atoms with Gasteiger partial charge in [-0.3, -0.25) is 9.82 Å². The Balaban J connectivity index is 2.49. The molecule has 1 aromatic carbocycles. The number of nitrogens with zero attached hydrogens (tertiary/aromatic N) is 1. The largest absolute Gasteiger partial charge is 0.399 e. The molecule has 0 aliphatic rings. The highest BCUT2D eigenvalue weighted by Gasteiger charge is 2.23. The zero-order valence-electron chi connectivity index (χ0n) is 9.74. The first kappa shape index (κ1) is 14.0. The van der Waals surface area contributed by atoms with Gasteiger partial charge in [-0.05, 0) is 19.1 Å². The van der Waals surface area contributed by atoms with E-state index >= 15 is 0 Å². The van der Waals surface area contributed by atoms with E-state index in [2.05, 4.69) is 14.9 Å². The number of hydrogen-bond acceptors (Lipinski definition) is 4. The lowest BCUT2D eigenvalue weighted by atomic mass is 10.3. The van der Waals surface area contributed by atoms with Gasteiger partial charge in [0.15, 0.2) is 0 Å². The Morgan fingerprint density at radius 3 is 2.37 bits per heavy atom. The third-order valence-corrected chi connectivity index (χ3v) is 4.63. The van der Waals surface area contributed by atoms with Gasteiger partial charge in [0.1, 0.15) is 10.7 Å². The summed E-state index contributed by atoms with van der Waals surface area (Å²) in [4.78, 5) is -0.223. The topological polar surface area (TPSA) is 101 Å². The van der Waals surface area contributed by atoms with E-state index in [1.54, 1.807) is 6.92 Å². The number of aryl methyl sites for hydroxylation is 1. The summed E-state index contributed by atoms with van der Waals surface area (Å²) in [6, 6.07) is 2.64. The molecule has 0 radical (unpaired) electrons. The maximum Gasteiger partial charge on any atom is 0.266 e. The summed E-state index contributed by atoms with van der Waals surface area (Å²) in [5, 5.41) is 6.16. The van der Waals surface area contributed by atoms with Gasteiger partial charge in [-0.25, -0.2) is 8.42 Å². The summed E-state index contributed by atoms with van der Waals surface area (Å²) < 4.78 is 26.8. The number of nitrogens with two attached hydrogens (primary N) is 1. The van der Waals surface area contributed by atoms with Gasteiger partial charge in [0.2, 0.25) is 0 Å². The molecule has 1 heterocycles. The summed E-state index contributed by atoms with van der Waals surface area (Å²) in [6.45, 7) is 1.70. The molecule has 9 heteroatoms. The van der Waals surface area contributed by atoms with Gasteiger partial charge in [-0.2, -0.15) is 5.10 Å². The normalized spacial score (nSPS) is 11.5. The number of nitrogens with one attached hydrogen (secondary N) is 2. The predicted octanol–water partition coefficient (Wildman–Crippen LogP) is 2.41. The van der Waals surface area contributed by atoms with Gasteiger partial charge in [-0.15, -0.1) is 0 Å². The molecule has 1 aromatic heterocycles. The molecule has 0 aliphatic carbocycles. The zero-order chi connectivity index (χ0) is 14.2. The third-order valence-electron chi connectivity index (χ3n) is 2.35. The van der Waals surface area contributed by atoms with Crippen molar-refractivity contribution < 1.29 is 8.42 Å². The lowest BCUT2D eigenvalue weighted by molar-refractivity contribution is 0.601. The first-order valence-electron chi connectivity index (χ1n) is 5.08. The molecule has 2 rings (SSSR count). The Kier molecular flexibility index (Phi) is 3.62. The van der Waals surface area contributed by atoms with Crippen LogP contribution in [0.2, 0.25) is 10.0 Å². The van der Waals surface area contributed by atoms with E-state index in [-0.39, 0.29) is 26.4 Å². The molecule has 102 valence electrons. The fraction of sp³-hybridized carbons (Fsp3) is 0.100. The Bertz CT molecular complexity index is 704. The van der Waals surface area contributed by atoms with Crippen LogP contribution in [0.4, 0.5) is 11.5 Å². The van der Waals surface area contributed by atoms with Gasteiger partial charge < -0.3 is 5.73 Å². The van der Waals surface area contributed by atoms with Crippen LogP contribution in [-0.2, 0) is 10.0 Å². The Morgan fingerprint density at radius 1 is 1.32 bits per heavy atom. The van der Waals surface area contributed by atoms with E-state index < -0.39 is 10.0 Å². The predicted molar refractivity (Wildman–Crippen MR) is 75.0 cm³/mol. The number of halogens is 2. The number of hydrogen-bond donors (Lipinski definition) is 3. The molecule has 0 bridgehead atoms. The molecule has 2 aromatic rings. The average molecular weight is 321 g/mol. The maximum atomic E-state index is 12.2. The van der Waals surface area contributed by atoms with Crippen LogP contribution in [-0.4, -0.2) is 18.6 Å². The summed E-state index contributed by atoms with van der Waals surface area (Å²) in [5.41, 5.74) is 6.46. The summed E-state index contributed by atoms with van der Waals surface area (Å²) in [6.07, 6.45) is 1.49. The van der Waals surface area contributed by atoms with Crippen LogP contribution in [0.15, 0.2) is 23.2 Å². The number of anilines is 2. The minimum Gasteiger partial charge on any atom is -0.399 e. The maximum absolute atomic E-state index is 12.2. The van der Waals surface area contributed by atoms with Gasteiger partial charge in [0.05, 0.1) is 16.2 Å². The van der Waals surface area contributed by atoms with Crippen molar-refractivity contribution in [3.8, 4) is 0 Å². The summed E-state index contributed by atoms with van der Waals surface area (Å²) in [7, 11) is -3.92. The molecule has 6 nitrogen and oxygen atoms in total. The molecule has 0 atom stereocenters. The number of sulfonamides is 1. The number of rotatable bonds is 3. The monoisotopic (exact) mass is 320 g/mol. The van der Waals surface area contributed by atoms with Crippen LogP contribution < -0.4 is 10.5 Å². The minimum absolute atomic E-state index is 0.0466. The van der Waals surface area contributed by atoms with Crippen molar-refractivity contribution >= 4 is 44.7 Å². The molecule has 0 saturated carbocycles. The van der Waals surface area contributed by atoms with Crippen molar-refractivity contribution in [2.24, 2.45) is 0 Å². The van der Waals surface area contributed by atoms with Crippen molar-refractivity contribution in [1.82, 2.24) is 10.2 Å². The molecule has 0 spiro atoms. The second-order valence-corrected chi connectivity index (χ2v) is 6.28. The SMILES string of the molecule is Cc1cn[nH]c1NS(=O)(=O)c1c(Cl)cc(N)cc1Cl. The van der Waals surface area contributed by atoms with Crippen LogP contribution in [0.3, 0.4) is 0 Å². The van der Waals surface area contributed by atoms with Gasteiger partial charge in [0, 0.05) is 11.3 Å². The fourth-order valence-electron chi connectivity index (χ4n) is 1.47. The fourth-order valence-corrected chi connectivity index (χ4v) is 3.79. The van der Waals surface area contributed by atoms with E-state index in [0.29, 0.717) is 5.56 Å². The van der Waals surface area contributed by atoms with Crippen LogP contribution in [0.25, 0.3) is 0 Å². The molecule has 0 fully saturated rings. The molecule has 0 aliphatic heterocycles. The van der Waals surface area contributed by atoms with Gasteiger partial charge >= 0.3 is 0 Å². The van der Waals surface area contributed by atoms with E-state index in [9.17, 15) is 8.42 Å². The van der Waals surface area contributed by atoms with Crippen molar-refractivity contribution in [3.05, 3.63) is 33.9 Å². The molecule has 0 amide bonds. The first-order valence-corrected chi connectivity index (χ1v) is 7.32. The average Bonchev–Trinajstić information content (AvgIpc) is 2.61. The van der Waals surface area contributed by atoms with E-state index in [1.165, 1.54) is 18.3 Å². The van der Waals surface area contributed by atoms with Crippen LogP contribution in [0.1, 0.15) is 5.56 Å². The second-order valence-electron chi connectivity index (χ2n) is 3.85. The van der Waals surface area contributed by atoms with E-state index in [1.807, 2.05) is 0 Å².